The third-order valence-electron chi connectivity index (χ3n) is 4.01. The van der Waals surface area contributed by atoms with Gasteiger partial charge in [0.25, 0.3) is 0 Å². The Morgan fingerprint density at radius 1 is 1.18 bits per heavy atom. The summed E-state index contributed by atoms with van der Waals surface area (Å²) in [6.45, 7) is 4.96. The van der Waals surface area contributed by atoms with Crippen LogP contribution < -0.4 is 10.6 Å². The Bertz CT molecular complexity index is 757. The predicted octanol–water partition coefficient (Wildman–Crippen LogP) is 3.16. The molecule has 0 aliphatic rings. The first-order valence-corrected chi connectivity index (χ1v) is 9.29. The molecule has 152 valence electrons. The van der Waals surface area contributed by atoms with Crippen molar-refractivity contribution >= 4 is 5.96 Å². The molecule has 3 N–H and O–H groups in total. The van der Waals surface area contributed by atoms with E-state index in [1.54, 1.807) is 6.92 Å². The summed E-state index contributed by atoms with van der Waals surface area (Å²) in [6.07, 6.45) is -0.767. The first-order chi connectivity index (χ1) is 13.5. The molecule has 0 aliphatic carbocycles. The highest BCUT2D eigenvalue weighted by molar-refractivity contribution is 5.80. The number of aliphatic hydroxyl groups is 1. The number of benzene rings is 2. The Morgan fingerprint density at radius 3 is 2.61 bits per heavy atom. The van der Waals surface area contributed by atoms with Crippen molar-refractivity contribution in [3.8, 4) is 0 Å². The van der Waals surface area contributed by atoms with Crippen molar-refractivity contribution in [3.63, 3.8) is 0 Å². The molecule has 0 heterocycles. The van der Waals surface area contributed by atoms with Gasteiger partial charge in [-0.2, -0.15) is 0 Å². The third kappa shape index (κ3) is 7.25. The van der Waals surface area contributed by atoms with Gasteiger partial charge in [-0.05, 0) is 25.5 Å². The van der Waals surface area contributed by atoms with E-state index in [9.17, 15) is 13.9 Å². The van der Waals surface area contributed by atoms with E-state index >= 15 is 0 Å². The van der Waals surface area contributed by atoms with E-state index in [1.807, 2.05) is 37.3 Å². The quantitative estimate of drug-likeness (QED) is 0.454. The minimum Gasteiger partial charge on any atom is -0.389 e. The SMILES string of the molecule is CCNC(=NCC(O)COCc1ccccc1)NC(C)c1ccc(F)cc1F. The van der Waals surface area contributed by atoms with Crippen LogP contribution in [0.2, 0.25) is 0 Å². The fourth-order valence-electron chi connectivity index (χ4n) is 2.59. The molecule has 0 fully saturated rings. The van der Waals surface area contributed by atoms with Crippen LogP contribution in [0.4, 0.5) is 8.78 Å². The maximum absolute atomic E-state index is 13.9. The van der Waals surface area contributed by atoms with Gasteiger partial charge in [-0.15, -0.1) is 0 Å². The minimum absolute atomic E-state index is 0.128. The fraction of sp³-hybridized carbons (Fsp3) is 0.381. The van der Waals surface area contributed by atoms with Crippen molar-refractivity contribution in [1.82, 2.24) is 10.6 Å². The van der Waals surface area contributed by atoms with Gasteiger partial charge < -0.3 is 20.5 Å². The molecule has 2 aromatic rings. The van der Waals surface area contributed by atoms with Crippen LogP contribution in [-0.2, 0) is 11.3 Å². The molecule has 2 atom stereocenters. The lowest BCUT2D eigenvalue weighted by Gasteiger charge is -2.19. The highest BCUT2D eigenvalue weighted by Crippen LogP contribution is 2.17. The van der Waals surface area contributed by atoms with Crippen molar-refractivity contribution in [3.05, 3.63) is 71.3 Å². The predicted molar refractivity (Wildman–Crippen MR) is 106 cm³/mol. The van der Waals surface area contributed by atoms with E-state index < -0.39 is 23.8 Å². The van der Waals surface area contributed by atoms with Gasteiger partial charge in [-0.25, -0.2) is 8.78 Å². The van der Waals surface area contributed by atoms with Gasteiger partial charge in [-0.1, -0.05) is 36.4 Å². The van der Waals surface area contributed by atoms with E-state index in [-0.39, 0.29) is 13.2 Å². The van der Waals surface area contributed by atoms with Crippen LogP contribution in [0.5, 0.6) is 0 Å². The summed E-state index contributed by atoms with van der Waals surface area (Å²) < 4.78 is 32.5. The maximum Gasteiger partial charge on any atom is 0.191 e. The lowest BCUT2D eigenvalue weighted by Crippen LogP contribution is -2.39. The summed E-state index contributed by atoms with van der Waals surface area (Å²) in [5.41, 5.74) is 1.36. The number of nitrogens with one attached hydrogen (secondary N) is 2. The van der Waals surface area contributed by atoms with E-state index in [4.69, 9.17) is 4.74 Å². The van der Waals surface area contributed by atoms with Gasteiger partial charge >= 0.3 is 0 Å². The molecule has 0 spiro atoms. The van der Waals surface area contributed by atoms with Gasteiger partial charge in [-0.3, -0.25) is 4.99 Å². The number of rotatable bonds is 9. The van der Waals surface area contributed by atoms with Gasteiger partial charge in [0.1, 0.15) is 11.6 Å². The van der Waals surface area contributed by atoms with Gasteiger partial charge in [0, 0.05) is 18.2 Å². The number of hydrogen-bond donors (Lipinski definition) is 3. The summed E-state index contributed by atoms with van der Waals surface area (Å²) in [6, 6.07) is 12.7. The highest BCUT2D eigenvalue weighted by atomic mass is 19.1. The van der Waals surface area contributed by atoms with Crippen molar-refractivity contribution in [1.29, 1.82) is 0 Å². The second-order valence-corrected chi connectivity index (χ2v) is 6.41. The Hall–Kier alpha value is -2.51. The zero-order chi connectivity index (χ0) is 20.4. The van der Waals surface area contributed by atoms with E-state index in [1.165, 1.54) is 12.1 Å². The number of halogens is 2. The largest absolute Gasteiger partial charge is 0.389 e. The molecule has 0 bridgehead atoms. The van der Waals surface area contributed by atoms with Crippen LogP contribution in [0.1, 0.15) is 31.0 Å². The Balaban J connectivity index is 1.86. The summed E-state index contributed by atoms with van der Waals surface area (Å²) in [5.74, 6) is -0.807. The molecule has 0 aromatic heterocycles. The molecule has 0 aliphatic heterocycles. The summed E-state index contributed by atoms with van der Waals surface area (Å²) in [4.78, 5) is 4.32. The lowest BCUT2D eigenvalue weighted by molar-refractivity contribution is 0.0331. The smallest absolute Gasteiger partial charge is 0.191 e. The highest BCUT2D eigenvalue weighted by Gasteiger charge is 2.13. The Kier molecular flexibility index (Phi) is 8.84. The first kappa shape index (κ1) is 21.8. The van der Waals surface area contributed by atoms with E-state index in [0.717, 1.165) is 11.6 Å². The molecule has 2 unspecified atom stereocenters. The normalized spacial score (nSPS) is 13.8. The molecule has 5 nitrogen and oxygen atoms in total. The number of nitrogens with zero attached hydrogens (tertiary/aromatic N) is 1. The van der Waals surface area contributed by atoms with Crippen molar-refractivity contribution in [2.24, 2.45) is 4.99 Å². The van der Waals surface area contributed by atoms with Crippen LogP contribution in [0.25, 0.3) is 0 Å². The Labute approximate surface area is 164 Å². The molecule has 0 saturated heterocycles. The number of hydrogen-bond acceptors (Lipinski definition) is 3. The minimum atomic E-state index is -0.767. The molecule has 0 radical (unpaired) electrons. The number of guanidine groups is 1. The van der Waals surface area contributed by atoms with Crippen molar-refractivity contribution in [2.45, 2.75) is 32.6 Å². The lowest BCUT2D eigenvalue weighted by atomic mass is 10.1. The number of aliphatic hydroxyl groups excluding tert-OH is 1. The zero-order valence-corrected chi connectivity index (χ0v) is 16.2. The van der Waals surface area contributed by atoms with E-state index in [0.29, 0.717) is 24.7 Å². The average Bonchev–Trinajstić information content (AvgIpc) is 2.67. The zero-order valence-electron chi connectivity index (χ0n) is 16.2. The monoisotopic (exact) mass is 391 g/mol. The van der Waals surface area contributed by atoms with Gasteiger partial charge in [0.15, 0.2) is 5.96 Å². The fourth-order valence-corrected chi connectivity index (χ4v) is 2.59. The second kappa shape index (κ2) is 11.4. The average molecular weight is 391 g/mol. The first-order valence-electron chi connectivity index (χ1n) is 9.29. The molecular weight excluding hydrogens is 364 g/mol. The molecule has 2 rings (SSSR count). The van der Waals surface area contributed by atoms with Crippen molar-refractivity contribution in [2.75, 3.05) is 19.7 Å². The van der Waals surface area contributed by atoms with Crippen LogP contribution in [-0.4, -0.2) is 36.9 Å². The number of aliphatic imine (C=N–C) groups is 1. The van der Waals surface area contributed by atoms with Gasteiger partial charge in [0.05, 0.1) is 31.9 Å². The summed E-state index contributed by atoms with van der Waals surface area (Å²) in [7, 11) is 0. The van der Waals surface area contributed by atoms with Gasteiger partial charge in [0.2, 0.25) is 0 Å². The van der Waals surface area contributed by atoms with Crippen molar-refractivity contribution < 1.29 is 18.6 Å². The molecule has 0 saturated carbocycles. The Morgan fingerprint density at radius 2 is 1.93 bits per heavy atom. The third-order valence-corrected chi connectivity index (χ3v) is 4.01. The number of ether oxygens (including phenoxy) is 1. The van der Waals surface area contributed by atoms with Crippen LogP contribution >= 0.6 is 0 Å². The van der Waals surface area contributed by atoms with Crippen LogP contribution in [0.15, 0.2) is 53.5 Å². The topological polar surface area (TPSA) is 65.9 Å². The standard InChI is InChI=1S/C21H27F2N3O2/c1-3-24-21(26-15(2)19-10-9-17(22)11-20(19)23)25-12-18(27)14-28-13-16-7-5-4-6-8-16/h4-11,15,18,27H,3,12-14H2,1-2H3,(H2,24,25,26). The molecule has 2 aromatic carbocycles. The van der Waals surface area contributed by atoms with Crippen LogP contribution in [0, 0.1) is 11.6 Å². The molecular formula is C21H27F2N3O2. The molecule has 28 heavy (non-hydrogen) atoms. The molecule has 0 amide bonds. The second-order valence-electron chi connectivity index (χ2n) is 6.41. The maximum atomic E-state index is 13.9. The van der Waals surface area contributed by atoms with E-state index in [2.05, 4.69) is 15.6 Å². The summed E-state index contributed by atoms with van der Waals surface area (Å²) >= 11 is 0. The summed E-state index contributed by atoms with van der Waals surface area (Å²) in [5, 5.41) is 16.2. The molecule has 7 heteroatoms. The van der Waals surface area contributed by atoms with Crippen LogP contribution in [0.3, 0.4) is 0 Å².